The second-order valence-electron chi connectivity index (χ2n) is 4.39. The number of tetrazole rings is 1. The van der Waals surface area contributed by atoms with Gasteiger partial charge in [0.05, 0.1) is 18.4 Å². The molecule has 1 aromatic rings. The number of hydrogen-bond acceptors (Lipinski definition) is 7. The van der Waals surface area contributed by atoms with E-state index in [9.17, 15) is 4.79 Å². The largest absolute Gasteiger partial charge is 0.379 e. The van der Waals surface area contributed by atoms with E-state index in [-0.39, 0.29) is 17.8 Å². The molecule has 1 rings (SSSR count). The average Bonchev–Trinajstić information content (AvgIpc) is 2.83. The van der Waals surface area contributed by atoms with E-state index >= 15 is 0 Å². The summed E-state index contributed by atoms with van der Waals surface area (Å²) in [5.74, 6) is 0.248. The van der Waals surface area contributed by atoms with Crippen LogP contribution >= 0.6 is 11.8 Å². The highest BCUT2D eigenvalue weighted by molar-refractivity contribution is 7.99. The van der Waals surface area contributed by atoms with E-state index < -0.39 is 0 Å². The second-order valence-corrected chi connectivity index (χ2v) is 5.33. The van der Waals surface area contributed by atoms with Crippen molar-refractivity contribution in [2.45, 2.75) is 38.1 Å². The predicted molar refractivity (Wildman–Crippen MR) is 76.3 cm³/mol. The van der Waals surface area contributed by atoms with Crippen molar-refractivity contribution in [2.75, 3.05) is 25.4 Å². The van der Waals surface area contributed by atoms with Crippen LogP contribution in [0.2, 0.25) is 0 Å². The van der Waals surface area contributed by atoms with Gasteiger partial charge in [0.2, 0.25) is 11.1 Å². The smallest absolute Gasteiger partial charge is 0.230 e. The number of nitrogens with zero attached hydrogens (tertiary/aromatic N) is 4. The molecule has 0 atom stereocenters. The molecule has 0 aliphatic rings. The molecule has 3 N–H and O–H groups in total. The number of hydrogen-bond donors (Lipinski definition) is 2. The molecule has 9 heteroatoms. The Kier molecular flexibility index (Phi) is 8.16. The highest BCUT2D eigenvalue weighted by Gasteiger charge is 2.09. The zero-order valence-electron chi connectivity index (χ0n) is 11.9. The van der Waals surface area contributed by atoms with E-state index in [1.807, 2.05) is 13.8 Å². The Morgan fingerprint density at radius 2 is 2.35 bits per heavy atom. The molecule has 0 radical (unpaired) electrons. The van der Waals surface area contributed by atoms with E-state index in [1.165, 1.54) is 11.8 Å². The first-order valence-electron chi connectivity index (χ1n) is 6.60. The molecular formula is C11H22N6O2S. The Bertz CT molecular complexity index is 398. The Labute approximate surface area is 122 Å². The quantitative estimate of drug-likeness (QED) is 0.449. The molecule has 0 saturated carbocycles. The first-order valence-corrected chi connectivity index (χ1v) is 7.59. The molecule has 0 fully saturated rings. The molecular weight excluding hydrogens is 280 g/mol. The number of thioether (sulfide) groups is 1. The van der Waals surface area contributed by atoms with Crippen LogP contribution in [-0.2, 0) is 16.1 Å². The Balaban J connectivity index is 2.15. The topological polar surface area (TPSA) is 108 Å². The van der Waals surface area contributed by atoms with E-state index in [2.05, 4.69) is 20.8 Å². The summed E-state index contributed by atoms with van der Waals surface area (Å²) in [6, 6.07) is 0. The minimum Gasteiger partial charge on any atom is -0.379 e. The molecule has 0 bridgehead atoms. The molecule has 1 amide bonds. The summed E-state index contributed by atoms with van der Waals surface area (Å²) in [6.45, 7) is 6.24. The van der Waals surface area contributed by atoms with Crippen LogP contribution in [-0.4, -0.2) is 57.7 Å². The molecule has 1 heterocycles. The summed E-state index contributed by atoms with van der Waals surface area (Å²) in [7, 11) is 0. The van der Waals surface area contributed by atoms with Crippen LogP contribution in [0.4, 0.5) is 0 Å². The van der Waals surface area contributed by atoms with Gasteiger partial charge in [-0.05, 0) is 30.7 Å². The molecule has 20 heavy (non-hydrogen) atoms. The van der Waals surface area contributed by atoms with Crippen molar-refractivity contribution in [1.29, 1.82) is 0 Å². The Hall–Kier alpha value is -1.19. The summed E-state index contributed by atoms with van der Waals surface area (Å²) in [5.41, 5.74) is 5.44. The Morgan fingerprint density at radius 1 is 1.55 bits per heavy atom. The normalized spacial score (nSPS) is 11.0. The van der Waals surface area contributed by atoms with Gasteiger partial charge in [-0.2, -0.15) is 0 Å². The third kappa shape index (κ3) is 6.83. The van der Waals surface area contributed by atoms with Crippen molar-refractivity contribution in [3.05, 3.63) is 0 Å². The van der Waals surface area contributed by atoms with Gasteiger partial charge < -0.3 is 15.8 Å². The Morgan fingerprint density at radius 3 is 3.05 bits per heavy atom. The minimum atomic E-state index is -0.0400. The van der Waals surface area contributed by atoms with E-state index in [0.717, 1.165) is 6.42 Å². The van der Waals surface area contributed by atoms with E-state index in [1.54, 1.807) is 4.68 Å². The monoisotopic (exact) mass is 302 g/mol. The molecule has 1 aromatic heterocycles. The molecule has 0 unspecified atom stereocenters. The van der Waals surface area contributed by atoms with Gasteiger partial charge >= 0.3 is 0 Å². The van der Waals surface area contributed by atoms with Crippen LogP contribution in [0.15, 0.2) is 5.16 Å². The lowest BCUT2D eigenvalue weighted by Crippen LogP contribution is -2.27. The number of amides is 1. The van der Waals surface area contributed by atoms with Crippen molar-refractivity contribution in [2.24, 2.45) is 5.73 Å². The molecule has 114 valence electrons. The van der Waals surface area contributed by atoms with Crippen LogP contribution in [0, 0.1) is 0 Å². The summed E-state index contributed by atoms with van der Waals surface area (Å²) >= 11 is 1.30. The number of nitrogens with one attached hydrogen (secondary N) is 1. The lowest BCUT2D eigenvalue weighted by Gasteiger charge is -2.08. The molecule has 0 saturated heterocycles. The van der Waals surface area contributed by atoms with Crippen molar-refractivity contribution in [3.63, 3.8) is 0 Å². The van der Waals surface area contributed by atoms with Crippen LogP contribution in [0.25, 0.3) is 0 Å². The number of nitrogens with two attached hydrogens (primary N) is 1. The van der Waals surface area contributed by atoms with Crippen molar-refractivity contribution in [1.82, 2.24) is 25.5 Å². The van der Waals surface area contributed by atoms with Gasteiger partial charge in [-0.15, -0.1) is 5.10 Å². The number of carbonyl (C=O) groups excluding carboxylic acids is 1. The summed E-state index contributed by atoms with van der Waals surface area (Å²) in [6.07, 6.45) is 1.03. The fourth-order valence-electron chi connectivity index (χ4n) is 1.36. The zero-order chi connectivity index (χ0) is 14.8. The van der Waals surface area contributed by atoms with Gasteiger partial charge in [0.15, 0.2) is 0 Å². The molecule has 0 aromatic carbocycles. The lowest BCUT2D eigenvalue weighted by atomic mass is 10.4. The number of rotatable bonds is 10. The average molecular weight is 302 g/mol. The van der Waals surface area contributed by atoms with E-state index in [0.29, 0.717) is 31.4 Å². The lowest BCUT2D eigenvalue weighted by molar-refractivity contribution is -0.118. The summed E-state index contributed by atoms with van der Waals surface area (Å²) < 4.78 is 6.98. The maximum absolute atomic E-state index is 11.6. The highest BCUT2D eigenvalue weighted by Crippen LogP contribution is 2.12. The standard InChI is InChI=1S/C11H22N6O2S/c1-9(2)19-7-3-5-13-10(18)8-20-11-14-15-16-17(11)6-4-12/h9H,3-8,12H2,1-2H3,(H,13,18). The van der Waals surface area contributed by atoms with Crippen LogP contribution in [0.3, 0.4) is 0 Å². The third-order valence-corrected chi connectivity index (χ3v) is 3.22. The van der Waals surface area contributed by atoms with Crippen molar-refractivity contribution in [3.8, 4) is 0 Å². The molecule has 8 nitrogen and oxygen atoms in total. The maximum atomic E-state index is 11.6. The molecule has 0 spiro atoms. The first kappa shape index (κ1) is 16.9. The van der Waals surface area contributed by atoms with E-state index in [4.69, 9.17) is 10.5 Å². The van der Waals surface area contributed by atoms with Crippen molar-refractivity contribution < 1.29 is 9.53 Å². The van der Waals surface area contributed by atoms with Gasteiger partial charge in [0.1, 0.15) is 0 Å². The third-order valence-electron chi connectivity index (χ3n) is 2.27. The van der Waals surface area contributed by atoms with Gasteiger partial charge in [-0.3, -0.25) is 4.79 Å². The predicted octanol–water partition coefficient (Wildman–Crippen LogP) is -0.345. The summed E-state index contributed by atoms with van der Waals surface area (Å²) in [4.78, 5) is 11.6. The van der Waals surface area contributed by atoms with Crippen molar-refractivity contribution >= 4 is 17.7 Å². The first-order chi connectivity index (χ1) is 9.63. The fraction of sp³-hybridized carbons (Fsp3) is 0.818. The molecule has 0 aliphatic heterocycles. The maximum Gasteiger partial charge on any atom is 0.230 e. The SMILES string of the molecule is CC(C)OCCCNC(=O)CSc1nnnn1CCN. The van der Waals surface area contributed by atoms with Gasteiger partial charge in [-0.25, -0.2) is 4.68 Å². The minimum absolute atomic E-state index is 0.0400. The second kappa shape index (κ2) is 9.67. The van der Waals surface area contributed by atoms with Gasteiger partial charge in [0, 0.05) is 19.7 Å². The molecule has 0 aliphatic carbocycles. The zero-order valence-corrected chi connectivity index (χ0v) is 12.7. The number of aromatic nitrogens is 4. The highest BCUT2D eigenvalue weighted by atomic mass is 32.2. The van der Waals surface area contributed by atoms with Gasteiger partial charge in [0.25, 0.3) is 0 Å². The number of carbonyl (C=O) groups is 1. The number of ether oxygens (including phenoxy) is 1. The fourth-order valence-corrected chi connectivity index (χ4v) is 2.10. The van der Waals surface area contributed by atoms with Crippen LogP contribution in [0.1, 0.15) is 20.3 Å². The summed E-state index contributed by atoms with van der Waals surface area (Å²) in [5, 5.41) is 14.6. The van der Waals surface area contributed by atoms with Crippen LogP contribution in [0.5, 0.6) is 0 Å². The van der Waals surface area contributed by atoms with Crippen LogP contribution < -0.4 is 11.1 Å². The van der Waals surface area contributed by atoms with Gasteiger partial charge in [-0.1, -0.05) is 11.8 Å².